The van der Waals surface area contributed by atoms with Crippen molar-refractivity contribution in [2.75, 3.05) is 16.4 Å². The molecule has 0 aliphatic carbocycles. The first-order valence-corrected chi connectivity index (χ1v) is 9.33. The van der Waals surface area contributed by atoms with E-state index in [-0.39, 0.29) is 22.8 Å². The van der Waals surface area contributed by atoms with Gasteiger partial charge in [0.15, 0.2) is 0 Å². The lowest BCUT2D eigenvalue weighted by Crippen LogP contribution is -2.25. The number of carbonyl (C=O) groups is 2. The topological polar surface area (TPSA) is 58.2 Å². The first-order valence-electron chi connectivity index (χ1n) is 7.90. The average Bonchev–Trinajstić information content (AvgIpc) is 2.56. The molecule has 0 heterocycles. The lowest BCUT2D eigenvalue weighted by molar-refractivity contribution is -0.115. The molecule has 0 saturated heterocycles. The molecular weight excluding hydrogens is 356 g/mol. The number of thioether (sulfide) groups is 1. The second-order valence-electron chi connectivity index (χ2n) is 5.82. The van der Waals surface area contributed by atoms with Crippen LogP contribution >= 0.6 is 23.4 Å². The Morgan fingerprint density at radius 1 is 1.08 bits per heavy atom. The van der Waals surface area contributed by atoms with E-state index in [2.05, 4.69) is 10.6 Å². The van der Waals surface area contributed by atoms with E-state index in [0.717, 1.165) is 16.8 Å². The van der Waals surface area contributed by atoms with Gasteiger partial charge in [0.1, 0.15) is 0 Å². The summed E-state index contributed by atoms with van der Waals surface area (Å²) in [4.78, 5) is 24.2. The number of benzene rings is 2. The van der Waals surface area contributed by atoms with Crippen LogP contribution < -0.4 is 10.6 Å². The van der Waals surface area contributed by atoms with Crippen LogP contribution in [0.5, 0.6) is 0 Å². The van der Waals surface area contributed by atoms with Crippen molar-refractivity contribution < 1.29 is 9.59 Å². The summed E-state index contributed by atoms with van der Waals surface area (Å²) in [5.74, 6) is -0.0844. The molecule has 25 heavy (non-hydrogen) atoms. The molecular formula is C19H21ClN2O2S. The van der Waals surface area contributed by atoms with Gasteiger partial charge in [-0.05, 0) is 56.2 Å². The molecule has 2 rings (SSSR count). The first kappa shape index (κ1) is 19.3. The fraction of sp³-hybridized carbons (Fsp3) is 0.263. The summed E-state index contributed by atoms with van der Waals surface area (Å²) >= 11 is 7.34. The van der Waals surface area contributed by atoms with Crippen LogP contribution in [-0.4, -0.2) is 22.8 Å². The Bertz CT molecular complexity index is 780. The molecule has 0 saturated carbocycles. The third kappa shape index (κ3) is 6.11. The lowest BCUT2D eigenvalue weighted by Gasteiger charge is -2.13. The Labute approximate surface area is 157 Å². The molecule has 0 aliphatic rings. The van der Waals surface area contributed by atoms with Crippen molar-refractivity contribution >= 4 is 46.6 Å². The summed E-state index contributed by atoms with van der Waals surface area (Å²) in [5.41, 5.74) is 3.44. The number of aryl methyl sites for hydroxylation is 2. The Hall–Kier alpha value is -1.98. The highest BCUT2D eigenvalue weighted by Gasteiger charge is 2.16. The predicted molar refractivity (Wildman–Crippen MR) is 107 cm³/mol. The highest BCUT2D eigenvalue weighted by Crippen LogP contribution is 2.21. The van der Waals surface area contributed by atoms with Crippen LogP contribution in [0.1, 0.15) is 18.1 Å². The van der Waals surface area contributed by atoms with Crippen molar-refractivity contribution in [3.63, 3.8) is 0 Å². The van der Waals surface area contributed by atoms with E-state index in [1.54, 1.807) is 19.1 Å². The second kappa shape index (κ2) is 8.92. The van der Waals surface area contributed by atoms with Gasteiger partial charge in [0.05, 0.1) is 11.0 Å². The van der Waals surface area contributed by atoms with Gasteiger partial charge in [-0.25, -0.2) is 0 Å². The van der Waals surface area contributed by atoms with Crippen molar-refractivity contribution in [1.82, 2.24) is 0 Å². The molecule has 1 atom stereocenters. The van der Waals surface area contributed by atoms with E-state index in [1.165, 1.54) is 11.8 Å². The predicted octanol–water partition coefficient (Wildman–Crippen LogP) is 4.66. The molecule has 0 radical (unpaired) electrons. The fourth-order valence-electron chi connectivity index (χ4n) is 2.11. The third-order valence-corrected chi connectivity index (χ3v) is 5.12. The van der Waals surface area contributed by atoms with Crippen LogP contribution in [0.4, 0.5) is 11.4 Å². The molecule has 0 spiro atoms. The van der Waals surface area contributed by atoms with Crippen LogP contribution in [0.2, 0.25) is 5.02 Å². The molecule has 2 aromatic rings. The molecule has 0 aromatic heterocycles. The first-order chi connectivity index (χ1) is 11.8. The molecule has 4 nitrogen and oxygen atoms in total. The Balaban J connectivity index is 1.82. The van der Waals surface area contributed by atoms with Crippen LogP contribution in [0, 0.1) is 13.8 Å². The van der Waals surface area contributed by atoms with Crippen LogP contribution in [0.25, 0.3) is 0 Å². The number of nitrogens with one attached hydrogen (secondary N) is 2. The molecule has 0 unspecified atom stereocenters. The fourth-order valence-corrected chi connectivity index (χ4v) is 2.98. The minimum atomic E-state index is -0.358. The summed E-state index contributed by atoms with van der Waals surface area (Å²) in [6, 6.07) is 13.0. The van der Waals surface area contributed by atoms with E-state index in [4.69, 9.17) is 11.6 Å². The van der Waals surface area contributed by atoms with Crippen molar-refractivity contribution in [1.29, 1.82) is 0 Å². The maximum absolute atomic E-state index is 12.2. The molecule has 2 amide bonds. The zero-order valence-electron chi connectivity index (χ0n) is 14.4. The van der Waals surface area contributed by atoms with Gasteiger partial charge in [-0.2, -0.15) is 0 Å². The van der Waals surface area contributed by atoms with E-state index >= 15 is 0 Å². The van der Waals surface area contributed by atoms with E-state index in [9.17, 15) is 9.59 Å². The zero-order chi connectivity index (χ0) is 18.4. The van der Waals surface area contributed by atoms with Gasteiger partial charge < -0.3 is 10.6 Å². The van der Waals surface area contributed by atoms with Crippen molar-refractivity contribution in [3.8, 4) is 0 Å². The highest BCUT2D eigenvalue weighted by molar-refractivity contribution is 8.01. The number of anilines is 2. The lowest BCUT2D eigenvalue weighted by atomic mass is 10.2. The van der Waals surface area contributed by atoms with Gasteiger partial charge in [-0.15, -0.1) is 11.8 Å². The van der Waals surface area contributed by atoms with Crippen LogP contribution in [-0.2, 0) is 9.59 Å². The molecule has 0 fully saturated rings. The molecule has 0 bridgehead atoms. The summed E-state index contributed by atoms with van der Waals surface area (Å²) in [6.07, 6.45) is 0. The molecule has 6 heteroatoms. The second-order valence-corrected chi connectivity index (χ2v) is 7.56. The largest absolute Gasteiger partial charge is 0.325 e. The molecule has 2 N–H and O–H groups in total. The number of halogens is 1. The van der Waals surface area contributed by atoms with Gasteiger partial charge in [0, 0.05) is 16.4 Å². The van der Waals surface area contributed by atoms with Gasteiger partial charge in [0.2, 0.25) is 11.8 Å². The van der Waals surface area contributed by atoms with Crippen molar-refractivity contribution in [2.24, 2.45) is 0 Å². The monoisotopic (exact) mass is 376 g/mol. The van der Waals surface area contributed by atoms with Crippen molar-refractivity contribution in [2.45, 2.75) is 26.0 Å². The summed E-state index contributed by atoms with van der Waals surface area (Å²) in [7, 11) is 0. The van der Waals surface area contributed by atoms with E-state index in [1.807, 2.05) is 44.2 Å². The maximum Gasteiger partial charge on any atom is 0.237 e. The summed E-state index contributed by atoms with van der Waals surface area (Å²) in [5, 5.41) is 5.90. The summed E-state index contributed by atoms with van der Waals surface area (Å²) < 4.78 is 0. The van der Waals surface area contributed by atoms with Gasteiger partial charge in [-0.1, -0.05) is 29.8 Å². The van der Waals surface area contributed by atoms with E-state index < -0.39 is 0 Å². The van der Waals surface area contributed by atoms with E-state index in [0.29, 0.717) is 10.7 Å². The highest BCUT2D eigenvalue weighted by atomic mass is 35.5. The van der Waals surface area contributed by atoms with Gasteiger partial charge in [0.25, 0.3) is 0 Å². The quantitative estimate of drug-likeness (QED) is 0.771. The van der Waals surface area contributed by atoms with Gasteiger partial charge in [-0.3, -0.25) is 9.59 Å². The molecule has 0 aliphatic heterocycles. The number of rotatable bonds is 6. The third-order valence-electron chi connectivity index (χ3n) is 3.57. The van der Waals surface area contributed by atoms with Crippen LogP contribution in [0.15, 0.2) is 42.5 Å². The Morgan fingerprint density at radius 3 is 2.48 bits per heavy atom. The normalized spacial score (nSPS) is 11.7. The number of amides is 2. The Kier molecular flexibility index (Phi) is 6.91. The Morgan fingerprint density at radius 2 is 1.80 bits per heavy atom. The standard InChI is InChI=1S/C19H21ClN2O2S/c1-12-5-4-6-15(9-12)21-18(23)11-25-14(3)19(24)22-16-8-7-13(2)17(20)10-16/h4-10,14H,11H2,1-3H3,(H,21,23)(H,22,24)/t14-/m0/s1. The smallest absolute Gasteiger partial charge is 0.237 e. The maximum atomic E-state index is 12.2. The van der Waals surface area contributed by atoms with Crippen LogP contribution in [0.3, 0.4) is 0 Å². The van der Waals surface area contributed by atoms with Gasteiger partial charge >= 0.3 is 0 Å². The van der Waals surface area contributed by atoms with Crippen molar-refractivity contribution in [3.05, 3.63) is 58.6 Å². The minimum absolute atomic E-state index is 0.131. The zero-order valence-corrected chi connectivity index (χ0v) is 16.0. The molecule has 132 valence electrons. The number of hydrogen-bond acceptors (Lipinski definition) is 3. The minimum Gasteiger partial charge on any atom is -0.325 e. The number of hydrogen-bond donors (Lipinski definition) is 2. The SMILES string of the molecule is Cc1cccc(NC(=O)CS[C@@H](C)C(=O)Nc2ccc(C)c(Cl)c2)c1. The number of carbonyl (C=O) groups excluding carboxylic acids is 2. The summed E-state index contributed by atoms with van der Waals surface area (Å²) in [6.45, 7) is 5.64. The molecule has 2 aromatic carbocycles. The average molecular weight is 377 g/mol.